The SMILES string of the molecule is CC(C)(C)N1C2C=C(c3nsc4ccc(O)cc34)CC1CC2. The number of phenols is 1. The zero-order chi connectivity index (χ0) is 15.5. The third-order valence-corrected chi connectivity index (χ3v) is 5.75. The van der Waals surface area contributed by atoms with Crippen molar-refractivity contribution in [2.24, 2.45) is 0 Å². The van der Waals surface area contributed by atoms with Crippen molar-refractivity contribution in [3.63, 3.8) is 0 Å². The second kappa shape index (κ2) is 4.80. The second-order valence-electron chi connectivity index (χ2n) is 7.48. The van der Waals surface area contributed by atoms with Crippen LogP contribution in [0.25, 0.3) is 15.7 Å². The summed E-state index contributed by atoms with van der Waals surface area (Å²) in [6.45, 7) is 6.94. The van der Waals surface area contributed by atoms with E-state index in [0.29, 0.717) is 17.8 Å². The first-order valence-corrected chi connectivity index (χ1v) is 8.79. The maximum absolute atomic E-state index is 9.79. The van der Waals surface area contributed by atoms with E-state index in [1.807, 2.05) is 12.1 Å². The van der Waals surface area contributed by atoms with Crippen LogP contribution in [0.2, 0.25) is 0 Å². The van der Waals surface area contributed by atoms with Gasteiger partial charge in [0.15, 0.2) is 0 Å². The lowest BCUT2D eigenvalue weighted by Gasteiger charge is -2.43. The van der Waals surface area contributed by atoms with Crippen LogP contribution in [-0.4, -0.2) is 32.0 Å². The van der Waals surface area contributed by atoms with E-state index in [4.69, 9.17) is 0 Å². The number of aromatic nitrogens is 1. The summed E-state index contributed by atoms with van der Waals surface area (Å²) in [5.41, 5.74) is 2.67. The van der Waals surface area contributed by atoms with Crippen LogP contribution in [0.4, 0.5) is 0 Å². The molecule has 3 nitrogen and oxygen atoms in total. The molecule has 2 atom stereocenters. The van der Waals surface area contributed by atoms with Crippen LogP contribution in [0.15, 0.2) is 24.3 Å². The van der Waals surface area contributed by atoms with Crippen LogP contribution in [0.1, 0.15) is 45.7 Å². The lowest BCUT2D eigenvalue weighted by molar-refractivity contribution is 0.0909. The Bertz CT molecular complexity index is 756. The third kappa shape index (κ3) is 2.17. The zero-order valence-electron chi connectivity index (χ0n) is 13.3. The molecular weight excluding hydrogens is 292 g/mol. The molecule has 2 unspecified atom stereocenters. The van der Waals surface area contributed by atoms with Crippen molar-refractivity contribution in [1.82, 2.24) is 9.27 Å². The fourth-order valence-corrected chi connectivity index (χ4v) is 5.00. The minimum Gasteiger partial charge on any atom is -0.508 e. The van der Waals surface area contributed by atoms with Gasteiger partial charge in [-0.25, -0.2) is 0 Å². The molecular formula is C18H22N2OS. The molecule has 116 valence electrons. The number of hydrogen-bond donors (Lipinski definition) is 1. The average molecular weight is 314 g/mol. The lowest BCUT2D eigenvalue weighted by atomic mass is 9.92. The first kappa shape index (κ1) is 14.2. The number of rotatable bonds is 1. The third-order valence-electron chi connectivity index (χ3n) is 4.93. The van der Waals surface area contributed by atoms with Crippen molar-refractivity contribution in [1.29, 1.82) is 0 Å². The molecule has 1 aromatic heterocycles. The summed E-state index contributed by atoms with van der Waals surface area (Å²) >= 11 is 1.53. The van der Waals surface area contributed by atoms with Gasteiger partial charge in [0.1, 0.15) is 5.75 Å². The molecule has 0 aliphatic carbocycles. The molecule has 0 radical (unpaired) electrons. The topological polar surface area (TPSA) is 36.4 Å². The molecule has 22 heavy (non-hydrogen) atoms. The van der Waals surface area contributed by atoms with E-state index in [0.717, 1.165) is 22.2 Å². The van der Waals surface area contributed by atoms with Gasteiger partial charge in [-0.3, -0.25) is 4.90 Å². The molecule has 1 fully saturated rings. The van der Waals surface area contributed by atoms with Crippen molar-refractivity contribution in [2.75, 3.05) is 0 Å². The fourth-order valence-electron chi connectivity index (χ4n) is 4.21. The number of fused-ring (bicyclic) bond motifs is 3. The molecule has 4 rings (SSSR count). The van der Waals surface area contributed by atoms with E-state index in [2.05, 4.69) is 36.1 Å². The Kier molecular flexibility index (Phi) is 3.10. The molecule has 3 heterocycles. The van der Waals surface area contributed by atoms with Crippen LogP contribution < -0.4 is 0 Å². The van der Waals surface area contributed by atoms with E-state index in [-0.39, 0.29) is 5.54 Å². The summed E-state index contributed by atoms with van der Waals surface area (Å²) in [6.07, 6.45) is 6.02. The van der Waals surface area contributed by atoms with Gasteiger partial charge >= 0.3 is 0 Å². The second-order valence-corrected chi connectivity index (χ2v) is 8.29. The van der Waals surface area contributed by atoms with Crippen molar-refractivity contribution in [3.05, 3.63) is 30.0 Å². The Morgan fingerprint density at radius 1 is 1.27 bits per heavy atom. The van der Waals surface area contributed by atoms with Gasteiger partial charge in [-0.15, -0.1) is 0 Å². The molecule has 2 aliphatic rings. The minimum absolute atomic E-state index is 0.219. The van der Waals surface area contributed by atoms with Gasteiger partial charge in [-0.1, -0.05) is 6.08 Å². The van der Waals surface area contributed by atoms with Crippen molar-refractivity contribution >= 4 is 27.2 Å². The summed E-state index contributed by atoms with van der Waals surface area (Å²) in [4.78, 5) is 2.67. The summed E-state index contributed by atoms with van der Waals surface area (Å²) < 4.78 is 5.84. The summed E-state index contributed by atoms with van der Waals surface area (Å²) in [7, 11) is 0. The predicted molar refractivity (Wildman–Crippen MR) is 92.3 cm³/mol. The van der Waals surface area contributed by atoms with Crippen molar-refractivity contribution < 1.29 is 5.11 Å². The van der Waals surface area contributed by atoms with Gasteiger partial charge in [-0.05, 0) is 75.3 Å². The lowest BCUT2D eigenvalue weighted by Crippen LogP contribution is -2.50. The van der Waals surface area contributed by atoms with Gasteiger partial charge in [0.05, 0.1) is 10.4 Å². The largest absolute Gasteiger partial charge is 0.508 e. The Hall–Kier alpha value is -1.39. The average Bonchev–Trinajstić information content (AvgIpc) is 2.97. The van der Waals surface area contributed by atoms with Crippen LogP contribution in [-0.2, 0) is 0 Å². The molecule has 4 heteroatoms. The van der Waals surface area contributed by atoms with Crippen LogP contribution in [0, 0.1) is 0 Å². The Balaban J connectivity index is 1.76. The van der Waals surface area contributed by atoms with Crippen LogP contribution in [0.5, 0.6) is 5.75 Å². The molecule has 0 amide bonds. The van der Waals surface area contributed by atoms with E-state index in [9.17, 15) is 5.11 Å². The monoisotopic (exact) mass is 314 g/mol. The molecule has 2 bridgehead atoms. The van der Waals surface area contributed by atoms with Gasteiger partial charge in [0.25, 0.3) is 0 Å². The first-order valence-electron chi connectivity index (χ1n) is 8.01. The number of aromatic hydroxyl groups is 1. The zero-order valence-corrected chi connectivity index (χ0v) is 14.2. The van der Waals surface area contributed by atoms with Gasteiger partial charge < -0.3 is 5.11 Å². The summed E-state index contributed by atoms with van der Waals surface area (Å²) in [5, 5.41) is 10.9. The standard InChI is InChI=1S/C18H22N2OS/c1-18(2,3)20-12-4-5-13(20)9-11(8-12)17-15-10-14(21)6-7-16(15)22-19-17/h6-8,10,12-13,21H,4-5,9H2,1-3H3. The van der Waals surface area contributed by atoms with Crippen LogP contribution in [0.3, 0.4) is 0 Å². The molecule has 0 saturated carbocycles. The normalized spacial score (nSPS) is 25.7. The van der Waals surface area contributed by atoms with E-state index in [1.54, 1.807) is 6.07 Å². The molecule has 2 aromatic rings. The molecule has 0 spiro atoms. The smallest absolute Gasteiger partial charge is 0.116 e. The minimum atomic E-state index is 0.219. The Labute approximate surface area is 135 Å². The van der Waals surface area contributed by atoms with E-state index < -0.39 is 0 Å². The highest BCUT2D eigenvalue weighted by atomic mass is 32.1. The Morgan fingerprint density at radius 3 is 2.82 bits per heavy atom. The van der Waals surface area contributed by atoms with E-state index in [1.165, 1.54) is 29.9 Å². The molecule has 2 aliphatic heterocycles. The van der Waals surface area contributed by atoms with Gasteiger partial charge in [0, 0.05) is 23.0 Å². The molecule has 1 aromatic carbocycles. The number of nitrogens with zero attached hydrogens (tertiary/aromatic N) is 2. The summed E-state index contributed by atoms with van der Waals surface area (Å²) in [6, 6.07) is 6.71. The molecule has 1 N–H and O–H groups in total. The van der Waals surface area contributed by atoms with Gasteiger partial charge in [-0.2, -0.15) is 4.37 Å². The number of benzene rings is 1. The summed E-state index contributed by atoms with van der Waals surface area (Å²) in [5.74, 6) is 0.324. The fraction of sp³-hybridized carbons (Fsp3) is 0.500. The predicted octanol–water partition coefficient (Wildman–Crippen LogP) is 4.42. The van der Waals surface area contributed by atoms with Crippen LogP contribution >= 0.6 is 11.5 Å². The Morgan fingerprint density at radius 2 is 2.09 bits per heavy atom. The van der Waals surface area contributed by atoms with Crippen molar-refractivity contribution in [2.45, 2.75) is 57.7 Å². The highest BCUT2D eigenvalue weighted by Crippen LogP contribution is 2.43. The highest BCUT2D eigenvalue weighted by molar-refractivity contribution is 7.13. The maximum atomic E-state index is 9.79. The quantitative estimate of drug-likeness (QED) is 0.846. The van der Waals surface area contributed by atoms with E-state index >= 15 is 0 Å². The molecule has 1 saturated heterocycles. The highest BCUT2D eigenvalue weighted by Gasteiger charge is 2.42. The first-order chi connectivity index (χ1) is 10.4. The number of phenolic OH excluding ortho intramolecular Hbond substituents is 1. The maximum Gasteiger partial charge on any atom is 0.116 e. The van der Waals surface area contributed by atoms with Crippen molar-refractivity contribution in [3.8, 4) is 5.75 Å². The number of hydrogen-bond acceptors (Lipinski definition) is 4. The van der Waals surface area contributed by atoms with Gasteiger partial charge in [0.2, 0.25) is 0 Å².